The Morgan fingerprint density at radius 3 is 2.46 bits per heavy atom. The number of carbonyl (C=O) groups is 1. The molecule has 28 heavy (non-hydrogen) atoms. The summed E-state index contributed by atoms with van der Waals surface area (Å²) in [5.74, 6) is 0.125. The minimum atomic E-state index is -0.739. The van der Waals surface area contributed by atoms with Gasteiger partial charge in [-0.2, -0.15) is 5.54 Å². The lowest BCUT2D eigenvalue weighted by atomic mass is 9.97. The van der Waals surface area contributed by atoms with Gasteiger partial charge in [0.2, 0.25) is 0 Å². The molecule has 1 amide bonds. The highest BCUT2D eigenvalue weighted by Crippen LogP contribution is 2.36. The van der Waals surface area contributed by atoms with Crippen LogP contribution in [-0.2, 0) is 6.42 Å². The highest BCUT2D eigenvalue weighted by molar-refractivity contribution is 7.17. The summed E-state index contributed by atoms with van der Waals surface area (Å²) in [4.78, 5) is 11.9. The first-order chi connectivity index (χ1) is 13.5. The molecule has 0 unspecified atom stereocenters. The maximum atomic E-state index is 12.8. The molecule has 0 radical (unpaired) electrons. The fourth-order valence-electron chi connectivity index (χ4n) is 3.41. The van der Waals surface area contributed by atoms with Gasteiger partial charge in [0, 0.05) is 16.7 Å². The van der Waals surface area contributed by atoms with E-state index in [1.807, 2.05) is 39.0 Å². The summed E-state index contributed by atoms with van der Waals surface area (Å²) >= 11 is 1.45. The van der Waals surface area contributed by atoms with Crippen LogP contribution in [0.1, 0.15) is 40.4 Å². The van der Waals surface area contributed by atoms with Crippen molar-refractivity contribution in [2.24, 2.45) is 0 Å². The van der Waals surface area contributed by atoms with Crippen LogP contribution in [0.3, 0.4) is 0 Å². The maximum absolute atomic E-state index is 12.8. The minimum Gasteiger partial charge on any atom is -0.496 e. The van der Waals surface area contributed by atoms with Gasteiger partial charge in [0.1, 0.15) is 15.8 Å². The summed E-state index contributed by atoms with van der Waals surface area (Å²) in [5, 5.41) is 10.2. The van der Waals surface area contributed by atoms with Gasteiger partial charge in [-0.1, -0.05) is 41.3 Å². The minimum absolute atomic E-state index is 0.328. The molecule has 0 spiro atoms. The summed E-state index contributed by atoms with van der Waals surface area (Å²) in [6.07, 6.45) is 1.47. The fraction of sp³-hybridized carbons (Fsp3) is 0.286. The van der Waals surface area contributed by atoms with Crippen LogP contribution in [0.15, 0.2) is 30.3 Å². The van der Waals surface area contributed by atoms with E-state index >= 15 is 0 Å². The molecule has 0 aliphatic rings. The van der Waals surface area contributed by atoms with Crippen molar-refractivity contribution < 1.29 is 14.0 Å². The summed E-state index contributed by atoms with van der Waals surface area (Å²) in [7, 11) is 1.66. The molecule has 0 aliphatic carbocycles. The van der Waals surface area contributed by atoms with E-state index in [9.17, 15) is 9.28 Å². The monoisotopic (exact) mass is 399 g/mol. The molecule has 0 bridgehead atoms. The predicted molar refractivity (Wildman–Crippen MR) is 109 cm³/mol. The predicted octanol–water partition coefficient (Wildman–Crippen LogP) is 5.06. The average Bonchev–Trinajstić information content (AvgIpc) is 3.17. The Morgan fingerprint density at radius 2 is 1.86 bits per heavy atom. The molecule has 0 fully saturated rings. The van der Waals surface area contributed by atoms with E-state index < -0.39 is 5.91 Å². The second kappa shape index (κ2) is 8.48. The van der Waals surface area contributed by atoms with E-state index in [4.69, 9.17) is 4.74 Å². The van der Waals surface area contributed by atoms with E-state index in [-0.39, 0.29) is 0 Å². The van der Waals surface area contributed by atoms with Crippen LogP contribution in [0.25, 0.3) is 21.1 Å². The van der Waals surface area contributed by atoms with Gasteiger partial charge in [0.05, 0.1) is 7.11 Å². The number of methoxy groups -OCH3 is 1. The van der Waals surface area contributed by atoms with Crippen molar-refractivity contribution in [3.63, 3.8) is 0 Å². The van der Waals surface area contributed by atoms with Gasteiger partial charge in [0.15, 0.2) is 0 Å². The Balaban J connectivity index is 2.07. The van der Waals surface area contributed by atoms with E-state index in [0.29, 0.717) is 17.0 Å². The van der Waals surface area contributed by atoms with Gasteiger partial charge in [-0.15, -0.1) is 10.2 Å². The largest absolute Gasteiger partial charge is 0.496 e. The van der Waals surface area contributed by atoms with E-state index in [1.165, 1.54) is 16.9 Å². The molecule has 3 aromatic rings. The molecule has 1 heterocycles. The van der Waals surface area contributed by atoms with E-state index in [1.54, 1.807) is 19.2 Å². The zero-order valence-corrected chi connectivity index (χ0v) is 17.1. The van der Waals surface area contributed by atoms with Crippen molar-refractivity contribution in [1.82, 2.24) is 15.7 Å². The topological polar surface area (TPSA) is 64.1 Å². The molecule has 1 aromatic heterocycles. The third-order valence-electron chi connectivity index (χ3n) is 4.57. The van der Waals surface area contributed by atoms with Crippen LogP contribution in [0.4, 0.5) is 4.48 Å². The number of ether oxygens (including phenoxy) is 1. The number of benzene rings is 2. The van der Waals surface area contributed by atoms with Crippen LogP contribution in [-0.4, -0.2) is 23.2 Å². The molecule has 0 saturated carbocycles. The molecule has 146 valence electrons. The third-order valence-corrected chi connectivity index (χ3v) is 5.58. The molecule has 5 nitrogen and oxygen atoms in total. The molecule has 3 rings (SSSR count). The fourth-order valence-corrected chi connectivity index (χ4v) is 4.30. The number of nitrogens with zero attached hydrogens (tertiary/aromatic N) is 2. The Hall–Kier alpha value is -2.80. The molecule has 2 aromatic carbocycles. The van der Waals surface area contributed by atoms with Crippen LogP contribution >= 0.6 is 11.3 Å². The molecule has 1 N–H and O–H groups in total. The van der Waals surface area contributed by atoms with Crippen LogP contribution in [0.2, 0.25) is 0 Å². The summed E-state index contributed by atoms with van der Waals surface area (Å²) in [6, 6.07) is 9.31. The number of aryl methyl sites for hydroxylation is 2. The molecule has 0 aliphatic heterocycles. The highest BCUT2D eigenvalue weighted by Gasteiger charge is 2.19. The van der Waals surface area contributed by atoms with Crippen molar-refractivity contribution in [2.75, 3.05) is 7.11 Å². The van der Waals surface area contributed by atoms with Crippen molar-refractivity contribution in [2.45, 2.75) is 33.6 Å². The second-order valence-electron chi connectivity index (χ2n) is 6.56. The van der Waals surface area contributed by atoms with Crippen molar-refractivity contribution in [1.29, 1.82) is 0 Å². The number of amides is 1. The van der Waals surface area contributed by atoms with Crippen molar-refractivity contribution in [3.8, 4) is 26.9 Å². The quantitative estimate of drug-likeness (QED) is 0.588. The Labute approximate surface area is 167 Å². The third kappa shape index (κ3) is 3.75. The second-order valence-corrected chi connectivity index (χ2v) is 7.54. The number of carbonyl (C=O) groups excluding carboxylic acids is 1. The van der Waals surface area contributed by atoms with Crippen molar-refractivity contribution >= 4 is 17.2 Å². The lowest BCUT2D eigenvalue weighted by Gasteiger charge is -2.11. The maximum Gasteiger partial charge on any atom is 0.279 e. The van der Waals surface area contributed by atoms with E-state index in [0.717, 1.165) is 45.0 Å². The summed E-state index contributed by atoms with van der Waals surface area (Å²) in [5.41, 5.74) is 6.18. The number of nitrogens with one attached hydrogen (secondary N) is 1. The summed E-state index contributed by atoms with van der Waals surface area (Å²) in [6.45, 7) is 6.01. The van der Waals surface area contributed by atoms with Gasteiger partial charge in [-0.25, -0.2) is 0 Å². The first-order valence-corrected chi connectivity index (χ1v) is 9.84. The molecule has 0 saturated heterocycles. The number of hydrogen-bond acceptors (Lipinski definition) is 5. The lowest BCUT2D eigenvalue weighted by Crippen LogP contribution is -2.16. The van der Waals surface area contributed by atoms with Gasteiger partial charge in [-0.05, 0) is 55.2 Å². The van der Waals surface area contributed by atoms with Gasteiger partial charge < -0.3 is 4.74 Å². The first-order valence-electron chi connectivity index (χ1n) is 9.02. The van der Waals surface area contributed by atoms with Crippen LogP contribution in [0.5, 0.6) is 5.75 Å². The number of rotatable bonds is 6. The normalized spacial score (nSPS) is 10.8. The Kier molecular flexibility index (Phi) is 6.04. The smallest absolute Gasteiger partial charge is 0.279 e. The van der Waals surface area contributed by atoms with E-state index in [2.05, 4.69) is 10.2 Å². The Bertz CT molecular complexity index is 994. The first kappa shape index (κ1) is 19.9. The van der Waals surface area contributed by atoms with Crippen LogP contribution in [0, 0.1) is 13.8 Å². The number of halogens is 1. The number of hydrogen-bond donors (Lipinski definition) is 1. The van der Waals surface area contributed by atoms with Crippen LogP contribution < -0.4 is 10.3 Å². The number of aromatic nitrogens is 2. The molecular formula is C21H22FN3O2S. The summed E-state index contributed by atoms with van der Waals surface area (Å²) < 4.78 is 18.2. The Morgan fingerprint density at radius 1 is 1.18 bits per heavy atom. The van der Waals surface area contributed by atoms with Gasteiger partial charge >= 0.3 is 0 Å². The molecule has 7 heteroatoms. The van der Waals surface area contributed by atoms with Crippen molar-refractivity contribution in [3.05, 3.63) is 52.6 Å². The van der Waals surface area contributed by atoms with Gasteiger partial charge in [0.25, 0.3) is 5.91 Å². The standard InChI is InChI=1S/C21H22FN3O2S/c1-5-7-15-16(19(26)23-22)8-6-9-17(15)21-25-24-20(28-21)14-10-12(2)18(27-4)13(3)11-14/h6,8-11H,5,7H2,1-4H3,(H,23,26). The average molecular weight is 399 g/mol. The highest BCUT2D eigenvalue weighted by atomic mass is 32.1. The zero-order valence-electron chi connectivity index (χ0n) is 16.3. The molecular weight excluding hydrogens is 377 g/mol. The SMILES string of the molecule is CCCc1c(C(=O)NF)cccc1-c1nnc(-c2cc(C)c(OC)c(C)c2)s1. The molecule has 0 atom stereocenters. The zero-order chi connectivity index (χ0) is 20.3. The van der Waals surface area contributed by atoms with Gasteiger partial charge in [-0.3, -0.25) is 4.79 Å². The lowest BCUT2D eigenvalue weighted by molar-refractivity contribution is 0.0858.